The first-order valence-electron chi connectivity index (χ1n) is 6.51. The second-order valence-corrected chi connectivity index (χ2v) is 6.16. The largest absolute Gasteiger partial charge is 0.370 e. The highest BCUT2D eigenvalue weighted by Gasteiger charge is 2.46. The SMILES string of the molecule is FC1(F)CN(C2CCN(c3ccncc3Br)CC2)C1. The van der Waals surface area contributed by atoms with Gasteiger partial charge in [-0.05, 0) is 34.8 Å². The van der Waals surface area contributed by atoms with Crippen LogP contribution in [0.1, 0.15) is 12.8 Å². The second-order valence-electron chi connectivity index (χ2n) is 5.31. The van der Waals surface area contributed by atoms with Crippen molar-refractivity contribution in [1.29, 1.82) is 0 Å². The third kappa shape index (κ3) is 2.74. The van der Waals surface area contributed by atoms with Gasteiger partial charge < -0.3 is 4.90 Å². The van der Waals surface area contributed by atoms with Crippen LogP contribution in [0.5, 0.6) is 0 Å². The lowest BCUT2D eigenvalue weighted by Gasteiger charge is -2.47. The summed E-state index contributed by atoms with van der Waals surface area (Å²) in [5, 5.41) is 0. The summed E-state index contributed by atoms with van der Waals surface area (Å²) in [6.07, 6.45) is 5.47. The van der Waals surface area contributed by atoms with Crippen molar-refractivity contribution in [2.24, 2.45) is 0 Å². The number of halogens is 3. The van der Waals surface area contributed by atoms with Gasteiger partial charge >= 0.3 is 0 Å². The minimum absolute atomic E-state index is 0.0589. The van der Waals surface area contributed by atoms with Crippen LogP contribution in [0.3, 0.4) is 0 Å². The van der Waals surface area contributed by atoms with E-state index in [0.29, 0.717) is 6.04 Å². The molecule has 1 aromatic heterocycles. The van der Waals surface area contributed by atoms with E-state index in [1.165, 1.54) is 0 Å². The average Bonchev–Trinajstić information content (AvgIpc) is 2.37. The smallest absolute Gasteiger partial charge is 0.272 e. The molecule has 3 rings (SSSR count). The molecule has 1 aromatic rings. The first-order valence-corrected chi connectivity index (χ1v) is 7.31. The maximum absolute atomic E-state index is 12.9. The highest BCUT2D eigenvalue weighted by Crippen LogP contribution is 2.33. The van der Waals surface area contributed by atoms with Gasteiger partial charge in [0, 0.05) is 31.5 Å². The van der Waals surface area contributed by atoms with Gasteiger partial charge in [0.2, 0.25) is 0 Å². The van der Waals surface area contributed by atoms with Gasteiger partial charge in [-0.1, -0.05) is 0 Å². The minimum Gasteiger partial charge on any atom is -0.370 e. The topological polar surface area (TPSA) is 19.4 Å². The van der Waals surface area contributed by atoms with Gasteiger partial charge in [0.25, 0.3) is 5.92 Å². The standard InChI is InChI=1S/C13H16BrF2N3/c14-11-7-17-4-1-12(11)18-5-2-10(3-6-18)19-8-13(15,16)9-19/h1,4,7,10H,2-3,5-6,8-9H2. The molecule has 0 radical (unpaired) electrons. The van der Waals surface area contributed by atoms with Crippen molar-refractivity contribution in [3.63, 3.8) is 0 Å². The van der Waals surface area contributed by atoms with Crippen LogP contribution >= 0.6 is 15.9 Å². The molecule has 19 heavy (non-hydrogen) atoms. The third-order valence-corrected chi connectivity index (χ3v) is 4.55. The minimum atomic E-state index is -2.45. The zero-order valence-corrected chi connectivity index (χ0v) is 12.1. The highest BCUT2D eigenvalue weighted by atomic mass is 79.9. The molecule has 104 valence electrons. The molecule has 3 heterocycles. The zero-order valence-electron chi connectivity index (χ0n) is 10.5. The number of hydrogen-bond acceptors (Lipinski definition) is 3. The maximum Gasteiger partial charge on any atom is 0.272 e. The van der Waals surface area contributed by atoms with Gasteiger partial charge in [0.1, 0.15) is 0 Å². The van der Waals surface area contributed by atoms with E-state index in [-0.39, 0.29) is 13.1 Å². The Kier molecular flexibility index (Phi) is 3.47. The van der Waals surface area contributed by atoms with Gasteiger partial charge in [-0.25, -0.2) is 8.78 Å². The Morgan fingerprint density at radius 3 is 2.53 bits per heavy atom. The van der Waals surface area contributed by atoms with Crippen LogP contribution in [0.15, 0.2) is 22.9 Å². The molecular weight excluding hydrogens is 316 g/mol. The Hall–Kier alpha value is -0.750. The Morgan fingerprint density at radius 1 is 1.26 bits per heavy atom. The fourth-order valence-corrected chi connectivity index (χ4v) is 3.40. The number of rotatable bonds is 2. The number of hydrogen-bond donors (Lipinski definition) is 0. The van der Waals surface area contributed by atoms with Crippen molar-refractivity contribution in [1.82, 2.24) is 9.88 Å². The lowest BCUT2D eigenvalue weighted by molar-refractivity contribution is -0.148. The number of piperidine rings is 1. The number of aromatic nitrogens is 1. The third-order valence-electron chi connectivity index (χ3n) is 3.94. The average molecular weight is 332 g/mol. The van der Waals surface area contributed by atoms with E-state index in [0.717, 1.165) is 36.1 Å². The van der Waals surface area contributed by atoms with Gasteiger partial charge in [0.05, 0.1) is 23.2 Å². The van der Waals surface area contributed by atoms with E-state index < -0.39 is 5.92 Å². The van der Waals surface area contributed by atoms with E-state index in [1.807, 2.05) is 11.0 Å². The first kappa shape index (κ1) is 13.2. The van der Waals surface area contributed by atoms with E-state index in [4.69, 9.17) is 0 Å². The van der Waals surface area contributed by atoms with Crippen LogP contribution in [0.25, 0.3) is 0 Å². The van der Waals surface area contributed by atoms with E-state index in [2.05, 4.69) is 25.8 Å². The van der Waals surface area contributed by atoms with E-state index in [1.54, 1.807) is 12.4 Å². The predicted octanol–water partition coefficient (Wildman–Crippen LogP) is 2.76. The van der Waals surface area contributed by atoms with Crippen LogP contribution in [0.2, 0.25) is 0 Å². The summed E-state index contributed by atoms with van der Waals surface area (Å²) in [4.78, 5) is 8.26. The van der Waals surface area contributed by atoms with Crippen molar-refractivity contribution in [2.75, 3.05) is 31.1 Å². The fourth-order valence-electron chi connectivity index (χ4n) is 2.90. The van der Waals surface area contributed by atoms with Crippen LogP contribution in [-0.4, -0.2) is 48.0 Å². The van der Waals surface area contributed by atoms with Crippen molar-refractivity contribution >= 4 is 21.6 Å². The van der Waals surface area contributed by atoms with E-state index in [9.17, 15) is 8.78 Å². The monoisotopic (exact) mass is 331 g/mol. The molecule has 2 fully saturated rings. The van der Waals surface area contributed by atoms with Crippen molar-refractivity contribution < 1.29 is 8.78 Å². The van der Waals surface area contributed by atoms with Crippen LogP contribution in [0, 0.1) is 0 Å². The lowest BCUT2D eigenvalue weighted by atomic mass is 9.98. The molecule has 0 bridgehead atoms. The molecule has 3 nitrogen and oxygen atoms in total. The molecule has 0 unspecified atom stereocenters. The van der Waals surface area contributed by atoms with Crippen LogP contribution in [0.4, 0.5) is 14.5 Å². The molecule has 6 heteroatoms. The molecule has 0 aromatic carbocycles. The molecule has 2 aliphatic rings. The lowest BCUT2D eigenvalue weighted by Crippen LogP contribution is -2.61. The molecule has 0 N–H and O–H groups in total. The number of anilines is 1. The molecule has 2 aliphatic heterocycles. The van der Waals surface area contributed by atoms with Gasteiger partial charge in [0.15, 0.2) is 0 Å². The summed E-state index contributed by atoms with van der Waals surface area (Å²) in [6, 6.07) is 2.30. The summed E-state index contributed by atoms with van der Waals surface area (Å²) < 4.78 is 26.7. The summed E-state index contributed by atoms with van der Waals surface area (Å²) >= 11 is 3.50. The van der Waals surface area contributed by atoms with Crippen LogP contribution < -0.4 is 4.90 Å². The summed E-state index contributed by atoms with van der Waals surface area (Å²) in [5.41, 5.74) is 1.14. The predicted molar refractivity (Wildman–Crippen MR) is 73.7 cm³/mol. The fraction of sp³-hybridized carbons (Fsp3) is 0.615. The van der Waals surface area contributed by atoms with Gasteiger partial charge in [-0.15, -0.1) is 0 Å². The zero-order chi connectivity index (χ0) is 13.5. The summed E-state index contributed by atoms with van der Waals surface area (Å²) in [7, 11) is 0. The van der Waals surface area contributed by atoms with Crippen molar-refractivity contribution in [2.45, 2.75) is 24.8 Å². The number of nitrogens with zero attached hydrogens (tertiary/aromatic N) is 3. The normalized spacial score (nSPS) is 24.3. The van der Waals surface area contributed by atoms with Gasteiger partial charge in [-0.2, -0.15) is 0 Å². The van der Waals surface area contributed by atoms with Crippen molar-refractivity contribution in [3.8, 4) is 0 Å². The molecule has 0 atom stereocenters. The first-order chi connectivity index (χ1) is 9.05. The molecule has 0 saturated carbocycles. The molecule has 0 spiro atoms. The molecule has 0 amide bonds. The maximum atomic E-state index is 12.9. The number of alkyl halides is 2. The number of pyridine rings is 1. The summed E-state index contributed by atoms with van der Waals surface area (Å²) in [6.45, 7) is 1.71. The van der Waals surface area contributed by atoms with Crippen molar-refractivity contribution in [3.05, 3.63) is 22.9 Å². The Balaban J connectivity index is 1.57. The molecule has 0 aliphatic carbocycles. The second kappa shape index (κ2) is 4.98. The Morgan fingerprint density at radius 2 is 1.95 bits per heavy atom. The highest BCUT2D eigenvalue weighted by molar-refractivity contribution is 9.10. The Bertz CT molecular complexity index is 453. The van der Waals surface area contributed by atoms with Crippen LogP contribution in [-0.2, 0) is 0 Å². The summed E-state index contributed by atoms with van der Waals surface area (Å²) in [5.74, 6) is -2.45. The van der Waals surface area contributed by atoms with E-state index >= 15 is 0 Å². The molecular formula is C13H16BrF2N3. The Labute approximate surface area is 119 Å². The quantitative estimate of drug-likeness (QED) is 0.830. The number of likely N-dealkylation sites (tertiary alicyclic amines) is 1. The molecule has 2 saturated heterocycles. The van der Waals surface area contributed by atoms with Gasteiger partial charge in [-0.3, -0.25) is 9.88 Å².